The van der Waals surface area contributed by atoms with E-state index < -0.39 is 0 Å². The summed E-state index contributed by atoms with van der Waals surface area (Å²) in [5, 5.41) is 4.90. The Hall–Kier alpha value is -0.0600. The van der Waals surface area contributed by atoms with Crippen LogP contribution in [0.5, 0.6) is 0 Å². The van der Waals surface area contributed by atoms with E-state index in [0.29, 0.717) is 12.1 Å². The molecule has 1 atom stereocenters. The third kappa shape index (κ3) is 4.60. The van der Waals surface area contributed by atoms with Crippen LogP contribution in [0.3, 0.4) is 0 Å². The quantitative estimate of drug-likeness (QED) is 0.817. The van der Waals surface area contributed by atoms with Crippen molar-refractivity contribution in [2.45, 2.75) is 52.6 Å². The minimum atomic E-state index is 0.423. The molecule has 0 spiro atoms. The van der Waals surface area contributed by atoms with E-state index in [1.807, 2.05) is 23.1 Å². The Morgan fingerprint density at radius 1 is 1.41 bits per heavy atom. The van der Waals surface area contributed by atoms with Crippen LogP contribution in [-0.4, -0.2) is 23.0 Å². The number of nitrogens with one attached hydrogen (secondary N) is 1. The molecule has 0 aliphatic carbocycles. The average molecular weight is 272 g/mol. The van der Waals surface area contributed by atoms with Crippen LogP contribution in [-0.2, 0) is 6.42 Å². The smallest absolute Gasteiger partial charge is 0.110 e. The van der Waals surface area contributed by atoms with Crippen LogP contribution in [0.15, 0.2) is 0 Å². The Balaban J connectivity index is 2.79. The molecular weight excluding hydrogens is 248 g/mol. The van der Waals surface area contributed by atoms with E-state index in [1.165, 1.54) is 21.3 Å². The molecule has 1 rings (SSSR count). The van der Waals surface area contributed by atoms with E-state index in [1.54, 1.807) is 0 Å². The minimum Gasteiger partial charge on any atom is -0.306 e. The van der Waals surface area contributed by atoms with Crippen LogP contribution >= 0.6 is 23.1 Å². The maximum Gasteiger partial charge on any atom is 0.110 e. The molecule has 0 saturated carbocycles. The summed E-state index contributed by atoms with van der Waals surface area (Å²) < 4.78 is 0. The van der Waals surface area contributed by atoms with Gasteiger partial charge in [0.15, 0.2) is 0 Å². The van der Waals surface area contributed by atoms with Gasteiger partial charge in [0.25, 0.3) is 0 Å². The molecule has 0 fully saturated rings. The molecule has 0 saturated heterocycles. The molecule has 1 N–H and O–H groups in total. The maximum atomic E-state index is 4.78. The van der Waals surface area contributed by atoms with Crippen molar-refractivity contribution in [1.82, 2.24) is 10.3 Å². The third-order valence-corrected chi connectivity index (χ3v) is 4.46. The fraction of sp³-hybridized carbons (Fsp3) is 0.769. The van der Waals surface area contributed by atoms with Gasteiger partial charge in [-0.05, 0) is 31.8 Å². The second-order valence-electron chi connectivity index (χ2n) is 4.56. The highest BCUT2D eigenvalue weighted by atomic mass is 32.2. The number of nitrogens with zero attached hydrogens (tertiary/aromatic N) is 1. The molecule has 0 aliphatic heterocycles. The Morgan fingerprint density at radius 3 is 2.59 bits per heavy atom. The van der Waals surface area contributed by atoms with Gasteiger partial charge in [-0.1, -0.05) is 20.8 Å². The van der Waals surface area contributed by atoms with Crippen molar-refractivity contribution in [1.29, 1.82) is 0 Å². The number of hydrogen-bond donors (Lipinski definition) is 1. The minimum absolute atomic E-state index is 0.423. The van der Waals surface area contributed by atoms with E-state index in [4.69, 9.17) is 4.98 Å². The first-order valence-corrected chi connectivity index (χ1v) is 8.50. The van der Waals surface area contributed by atoms with Crippen LogP contribution in [0.2, 0.25) is 0 Å². The van der Waals surface area contributed by atoms with Crippen molar-refractivity contribution in [3.8, 4) is 0 Å². The lowest BCUT2D eigenvalue weighted by atomic mass is 10.2. The number of hydrogen-bond acceptors (Lipinski definition) is 4. The summed E-state index contributed by atoms with van der Waals surface area (Å²) in [5.74, 6) is 1.18. The molecule has 2 nitrogen and oxygen atoms in total. The number of rotatable bonds is 7. The highest BCUT2D eigenvalue weighted by Crippen LogP contribution is 2.26. The summed E-state index contributed by atoms with van der Waals surface area (Å²) in [7, 11) is 0. The summed E-state index contributed by atoms with van der Waals surface area (Å²) in [6.07, 6.45) is 4.37. The molecule has 0 amide bonds. The average Bonchev–Trinajstić information content (AvgIpc) is 2.65. The van der Waals surface area contributed by atoms with E-state index >= 15 is 0 Å². The van der Waals surface area contributed by atoms with Crippen molar-refractivity contribution in [2.24, 2.45) is 0 Å². The molecule has 17 heavy (non-hydrogen) atoms. The van der Waals surface area contributed by atoms with Crippen LogP contribution in [0.4, 0.5) is 0 Å². The van der Waals surface area contributed by atoms with Gasteiger partial charge < -0.3 is 5.32 Å². The summed E-state index contributed by atoms with van der Waals surface area (Å²) >= 11 is 3.76. The summed E-state index contributed by atoms with van der Waals surface area (Å²) in [4.78, 5) is 6.16. The van der Waals surface area contributed by atoms with Crippen molar-refractivity contribution < 1.29 is 0 Å². The number of thioether (sulfide) groups is 1. The van der Waals surface area contributed by atoms with Gasteiger partial charge in [0.2, 0.25) is 0 Å². The molecular formula is C13H24N2S2. The zero-order valence-electron chi connectivity index (χ0n) is 11.5. The van der Waals surface area contributed by atoms with Gasteiger partial charge in [0.05, 0.1) is 11.7 Å². The van der Waals surface area contributed by atoms with Gasteiger partial charge in [-0.15, -0.1) is 11.3 Å². The first kappa shape index (κ1) is 15.0. The molecule has 1 unspecified atom stereocenters. The van der Waals surface area contributed by atoms with E-state index in [2.05, 4.69) is 39.3 Å². The summed E-state index contributed by atoms with van der Waals surface area (Å²) in [6.45, 7) is 8.76. The van der Waals surface area contributed by atoms with Gasteiger partial charge in [-0.2, -0.15) is 11.8 Å². The van der Waals surface area contributed by atoms with Crippen LogP contribution in [0.25, 0.3) is 0 Å². The van der Waals surface area contributed by atoms with Crippen molar-refractivity contribution in [2.75, 3.05) is 12.0 Å². The highest BCUT2D eigenvalue weighted by Gasteiger charge is 2.17. The normalized spacial score (nSPS) is 13.3. The molecule has 0 aliphatic rings. The van der Waals surface area contributed by atoms with E-state index in [0.717, 1.165) is 12.8 Å². The summed E-state index contributed by atoms with van der Waals surface area (Å²) in [6, 6.07) is 0.933. The van der Waals surface area contributed by atoms with Gasteiger partial charge in [-0.25, -0.2) is 4.98 Å². The topological polar surface area (TPSA) is 24.9 Å². The fourth-order valence-electron chi connectivity index (χ4n) is 1.84. The van der Waals surface area contributed by atoms with Crippen molar-refractivity contribution >= 4 is 23.1 Å². The zero-order valence-corrected chi connectivity index (χ0v) is 13.2. The monoisotopic (exact) mass is 272 g/mol. The Labute approximate surface area is 114 Å². The standard InChI is InChI=1S/C13H24N2S2/c1-6-11-10(4)17-13(15-11)12(7-8-16-5)14-9(2)3/h9,12,14H,6-8H2,1-5H3. The van der Waals surface area contributed by atoms with Gasteiger partial charge in [0.1, 0.15) is 5.01 Å². The van der Waals surface area contributed by atoms with Crippen LogP contribution in [0, 0.1) is 6.92 Å². The van der Waals surface area contributed by atoms with Crippen LogP contribution < -0.4 is 5.32 Å². The van der Waals surface area contributed by atoms with Gasteiger partial charge in [0, 0.05) is 10.9 Å². The zero-order chi connectivity index (χ0) is 12.8. The maximum absolute atomic E-state index is 4.78. The largest absolute Gasteiger partial charge is 0.306 e. The molecule has 1 aromatic rings. The molecule has 4 heteroatoms. The lowest BCUT2D eigenvalue weighted by Crippen LogP contribution is -2.28. The fourth-order valence-corrected chi connectivity index (χ4v) is 3.42. The van der Waals surface area contributed by atoms with Crippen LogP contribution in [0.1, 0.15) is 48.8 Å². The van der Waals surface area contributed by atoms with Gasteiger partial charge >= 0.3 is 0 Å². The predicted octanol–water partition coefficient (Wildman–Crippen LogP) is 3.81. The summed E-state index contributed by atoms with van der Waals surface area (Å²) in [5.41, 5.74) is 1.27. The molecule has 0 radical (unpaired) electrons. The SMILES string of the molecule is CCc1nc(C(CCSC)NC(C)C)sc1C. The molecule has 98 valence electrons. The van der Waals surface area contributed by atoms with Crippen molar-refractivity contribution in [3.05, 3.63) is 15.6 Å². The Bertz CT molecular complexity index is 334. The van der Waals surface area contributed by atoms with Gasteiger partial charge in [-0.3, -0.25) is 0 Å². The predicted molar refractivity (Wildman–Crippen MR) is 80.2 cm³/mol. The molecule has 1 aromatic heterocycles. The highest BCUT2D eigenvalue weighted by molar-refractivity contribution is 7.98. The molecule has 1 heterocycles. The number of thiazole rings is 1. The lowest BCUT2D eigenvalue weighted by Gasteiger charge is -2.18. The third-order valence-electron chi connectivity index (χ3n) is 2.69. The first-order valence-electron chi connectivity index (χ1n) is 6.29. The first-order chi connectivity index (χ1) is 8.08. The van der Waals surface area contributed by atoms with Crippen molar-refractivity contribution in [3.63, 3.8) is 0 Å². The van der Waals surface area contributed by atoms with E-state index in [-0.39, 0.29) is 0 Å². The Morgan fingerprint density at radius 2 is 2.12 bits per heavy atom. The number of aromatic nitrogens is 1. The molecule has 0 bridgehead atoms. The van der Waals surface area contributed by atoms with E-state index in [9.17, 15) is 0 Å². The Kier molecular flexibility index (Phi) is 6.52. The number of aryl methyl sites for hydroxylation is 2. The molecule has 0 aromatic carbocycles. The lowest BCUT2D eigenvalue weighted by molar-refractivity contribution is 0.466. The second kappa shape index (κ2) is 7.39. The second-order valence-corrected chi connectivity index (χ2v) is 6.78.